The van der Waals surface area contributed by atoms with Crippen LogP contribution in [0.4, 0.5) is 0 Å². The number of hydrogen-bond donors (Lipinski definition) is 1. The van der Waals surface area contributed by atoms with Crippen LogP contribution in [0, 0.1) is 6.92 Å². The number of aromatic hydroxyl groups is 1. The van der Waals surface area contributed by atoms with Crippen molar-refractivity contribution < 1.29 is 5.11 Å². The van der Waals surface area contributed by atoms with E-state index < -0.39 is 0 Å². The second-order valence-corrected chi connectivity index (χ2v) is 4.39. The predicted octanol–water partition coefficient (Wildman–Crippen LogP) is 3.92. The molecule has 0 spiro atoms. The van der Waals surface area contributed by atoms with Crippen LogP contribution in [0.1, 0.15) is 5.56 Å². The molecule has 0 aliphatic carbocycles. The maximum absolute atomic E-state index is 9.98. The number of aromatic nitrogens is 1. The highest BCUT2D eigenvalue weighted by atomic mass is 16.3. The number of hydrogen-bond acceptors (Lipinski definition) is 2. The van der Waals surface area contributed by atoms with Crippen molar-refractivity contribution in [2.75, 3.05) is 0 Å². The van der Waals surface area contributed by atoms with Crippen LogP contribution < -0.4 is 0 Å². The lowest BCUT2D eigenvalue weighted by Crippen LogP contribution is -1.85. The molecule has 0 radical (unpaired) electrons. The van der Waals surface area contributed by atoms with Crippen molar-refractivity contribution >= 4 is 10.9 Å². The van der Waals surface area contributed by atoms with Gasteiger partial charge in [-0.1, -0.05) is 36.4 Å². The smallest absolute Gasteiger partial charge is 0.129 e. The Hall–Kier alpha value is -2.35. The molecule has 1 N–H and O–H groups in total. The SMILES string of the molecule is Cc1cnc2cc(-c3ccccc3)ccc2c1O. The first-order valence-corrected chi connectivity index (χ1v) is 5.89. The summed E-state index contributed by atoms with van der Waals surface area (Å²) in [5.74, 6) is 0.319. The van der Waals surface area contributed by atoms with Crippen molar-refractivity contribution in [1.82, 2.24) is 4.98 Å². The fourth-order valence-corrected chi connectivity index (χ4v) is 2.09. The summed E-state index contributed by atoms with van der Waals surface area (Å²) in [6, 6.07) is 16.1. The van der Waals surface area contributed by atoms with Crippen LogP contribution >= 0.6 is 0 Å². The zero-order valence-corrected chi connectivity index (χ0v) is 10.1. The lowest BCUT2D eigenvalue weighted by molar-refractivity contribution is 0.477. The van der Waals surface area contributed by atoms with E-state index in [2.05, 4.69) is 17.1 Å². The Morgan fingerprint density at radius 3 is 2.50 bits per heavy atom. The van der Waals surface area contributed by atoms with E-state index in [4.69, 9.17) is 0 Å². The summed E-state index contributed by atoms with van der Waals surface area (Å²) in [7, 11) is 0. The highest BCUT2D eigenvalue weighted by Crippen LogP contribution is 2.29. The van der Waals surface area contributed by atoms with Gasteiger partial charge in [0, 0.05) is 17.1 Å². The van der Waals surface area contributed by atoms with Crippen molar-refractivity contribution in [2.45, 2.75) is 6.92 Å². The normalized spacial score (nSPS) is 10.7. The van der Waals surface area contributed by atoms with E-state index in [1.54, 1.807) is 6.20 Å². The number of nitrogens with zero attached hydrogens (tertiary/aromatic N) is 1. The van der Waals surface area contributed by atoms with Gasteiger partial charge in [-0.2, -0.15) is 0 Å². The molecular formula is C16H13NO. The number of fused-ring (bicyclic) bond motifs is 1. The fourth-order valence-electron chi connectivity index (χ4n) is 2.09. The average molecular weight is 235 g/mol. The number of rotatable bonds is 1. The van der Waals surface area contributed by atoms with Crippen LogP contribution in [0.15, 0.2) is 54.7 Å². The third-order valence-electron chi connectivity index (χ3n) is 3.13. The molecule has 2 aromatic carbocycles. The molecule has 0 bridgehead atoms. The highest BCUT2D eigenvalue weighted by Gasteiger charge is 2.05. The van der Waals surface area contributed by atoms with E-state index in [1.807, 2.05) is 43.3 Å². The Morgan fingerprint density at radius 2 is 1.72 bits per heavy atom. The van der Waals surface area contributed by atoms with E-state index in [0.29, 0.717) is 5.75 Å². The van der Waals surface area contributed by atoms with Gasteiger partial charge in [0.1, 0.15) is 5.75 Å². The van der Waals surface area contributed by atoms with Crippen molar-refractivity contribution in [3.63, 3.8) is 0 Å². The maximum atomic E-state index is 9.98. The van der Waals surface area contributed by atoms with Crippen LogP contribution in [-0.4, -0.2) is 10.1 Å². The lowest BCUT2D eigenvalue weighted by Gasteiger charge is -2.06. The minimum absolute atomic E-state index is 0.319. The van der Waals surface area contributed by atoms with Crippen LogP contribution in [0.2, 0.25) is 0 Å². The Balaban J connectivity index is 2.21. The van der Waals surface area contributed by atoms with E-state index in [9.17, 15) is 5.11 Å². The molecule has 2 heteroatoms. The first-order chi connectivity index (χ1) is 8.75. The van der Waals surface area contributed by atoms with Gasteiger partial charge in [0.25, 0.3) is 0 Å². The molecule has 0 atom stereocenters. The standard InChI is InChI=1S/C16H13NO/c1-11-10-17-15-9-13(7-8-14(15)16(11)18)12-5-3-2-4-6-12/h2-10H,1H3,(H,17,18). The predicted molar refractivity (Wildman–Crippen MR) is 73.6 cm³/mol. The second kappa shape index (κ2) is 4.15. The number of aryl methyl sites for hydroxylation is 1. The summed E-state index contributed by atoms with van der Waals surface area (Å²) in [6.45, 7) is 1.85. The second-order valence-electron chi connectivity index (χ2n) is 4.39. The average Bonchev–Trinajstić information content (AvgIpc) is 2.44. The summed E-state index contributed by atoms with van der Waals surface area (Å²) in [5.41, 5.74) is 3.88. The first kappa shape index (κ1) is 10.8. The Labute approximate surface area is 106 Å². The minimum atomic E-state index is 0.319. The summed E-state index contributed by atoms with van der Waals surface area (Å²) in [6.07, 6.45) is 1.70. The molecule has 0 fully saturated rings. The molecular weight excluding hydrogens is 222 g/mol. The van der Waals surface area contributed by atoms with Crippen molar-refractivity contribution in [3.8, 4) is 16.9 Å². The van der Waals surface area contributed by atoms with Crippen molar-refractivity contribution in [3.05, 3.63) is 60.3 Å². The Morgan fingerprint density at radius 1 is 0.944 bits per heavy atom. The van der Waals surface area contributed by atoms with Gasteiger partial charge in [-0.15, -0.1) is 0 Å². The van der Waals surface area contributed by atoms with E-state index in [1.165, 1.54) is 0 Å². The maximum Gasteiger partial charge on any atom is 0.129 e. The van der Waals surface area contributed by atoms with Crippen LogP contribution in [0.3, 0.4) is 0 Å². The molecule has 3 rings (SSSR count). The van der Waals surface area contributed by atoms with Gasteiger partial charge in [0.15, 0.2) is 0 Å². The van der Waals surface area contributed by atoms with E-state index in [-0.39, 0.29) is 0 Å². The van der Waals surface area contributed by atoms with Gasteiger partial charge in [-0.3, -0.25) is 4.98 Å². The van der Waals surface area contributed by atoms with Gasteiger partial charge in [-0.25, -0.2) is 0 Å². The third kappa shape index (κ3) is 1.72. The minimum Gasteiger partial charge on any atom is -0.507 e. The molecule has 18 heavy (non-hydrogen) atoms. The third-order valence-corrected chi connectivity index (χ3v) is 3.13. The van der Waals surface area contributed by atoms with Crippen LogP contribution in [0.5, 0.6) is 5.75 Å². The quantitative estimate of drug-likeness (QED) is 0.693. The van der Waals surface area contributed by atoms with Crippen LogP contribution in [0.25, 0.3) is 22.0 Å². The molecule has 0 aliphatic heterocycles. The summed E-state index contributed by atoms with van der Waals surface area (Å²) >= 11 is 0. The molecule has 1 aromatic heterocycles. The zero-order valence-electron chi connectivity index (χ0n) is 10.1. The molecule has 0 saturated carbocycles. The molecule has 0 unspecified atom stereocenters. The monoisotopic (exact) mass is 235 g/mol. The zero-order chi connectivity index (χ0) is 12.5. The topological polar surface area (TPSA) is 33.1 Å². The van der Waals surface area contributed by atoms with Crippen LogP contribution in [-0.2, 0) is 0 Å². The van der Waals surface area contributed by atoms with E-state index >= 15 is 0 Å². The fraction of sp³-hybridized carbons (Fsp3) is 0.0625. The molecule has 1 heterocycles. The number of pyridine rings is 1. The van der Waals surface area contributed by atoms with Gasteiger partial charge >= 0.3 is 0 Å². The van der Waals surface area contributed by atoms with E-state index in [0.717, 1.165) is 27.6 Å². The van der Waals surface area contributed by atoms with Gasteiger partial charge in [0.2, 0.25) is 0 Å². The Kier molecular flexibility index (Phi) is 2.49. The molecule has 2 nitrogen and oxygen atoms in total. The Bertz CT molecular complexity index is 705. The highest BCUT2D eigenvalue weighted by molar-refractivity contribution is 5.89. The van der Waals surface area contributed by atoms with Gasteiger partial charge < -0.3 is 5.11 Å². The molecule has 88 valence electrons. The summed E-state index contributed by atoms with van der Waals surface area (Å²) in [4.78, 5) is 4.37. The largest absolute Gasteiger partial charge is 0.507 e. The summed E-state index contributed by atoms with van der Waals surface area (Å²) in [5, 5.41) is 10.8. The molecule has 0 amide bonds. The first-order valence-electron chi connectivity index (χ1n) is 5.89. The molecule has 0 saturated heterocycles. The molecule has 3 aromatic rings. The lowest BCUT2D eigenvalue weighted by atomic mass is 10.0. The summed E-state index contributed by atoms with van der Waals surface area (Å²) < 4.78 is 0. The van der Waals surface area contributed by atoms with Gasteiger partial charge in [0.05, 0.1) is 5.52 Å². The van der Waals surface area contributed by atoms with Crippen molar-refractivity contribution in [1.29, 1.82) is 0 Å². The van der Waals surface area contributed by atoms with Crippen molar-refractivity contribution in [2.24, 2.45) is 0 Å². The number of benzene rings is 2. The van der Waals surface area contributed by atoms with Gasteiger partial charge in [-0.05, 0) is 30.2 Å². The molecule has 0 aliphatic rings.